The number of rotatable bonds is 11. The van der Waals surface area contributed by atoms with Gasteiger partial charge in [-0.15, -0.1) is 0 Å². The summed E-state index contributed by atoms with van der Waals surface area (Å²) in [5.74, 6) is 1.35. The number of aromatic nitrogens is 2. The summed E-state index contributed by atoms with van der Waals surface area (Å²) < 4.78 is 12.9. The van der Waals surface area contributed by atoms with Crippen molar-refractivity contribution in [3.63, 3.8) is 0 Å². The highest BCUT2D eigenvalue weighted by atomic mass is 16.5. The van der Waals surface area contributed by atoms with Crippen molar-refractivity contribution in [1.82, 2.24) is 14.9 Å². The average Bonchev–Trinajstić information content (AvgIpc) is 2.88. The van der Waals surface area contributed by atoms with Crippen molar-refractivity contribution in [2.24, 2.45) is 0 Å². The number of hydrogen-bond acceptors (Lipinski definition) is 5. The molecule has 0 aliphatic carbocycles. The van der Waals surface area contributed by atoms with Gasteiger partial charge in [0.05, 0.1) is 23.8 Å². The first-order valence-electron chi connectivity index (χ1n) is 11.3. The lowest BCUT2D eigenvalue weighted by atomic mass is 10.2. The number of carbonyl (C=O) groups is 1. The maximum Gasteiger partial charge on any atom is 0.261 e. The van der Waals surface area contributed by atoms with Gasteiger partial charge in [-0.1, -0.05) is 42.5 Å². The average molecular weight is 458 g/mol. The van der Waals surface area contributed by atoms with Gasteiger partial charge in [-0.2, -0.15) is 0 Å². The molecule has 4 rings (SSSR count). The zero-order valence-electron chi connectivity index (χ0n) is 18.9. The molecule has 0 radical (unpaired) electrons. The Morgan fingerprint density at radius 2 is 1.56 bits per heavy atom. The Morgan fingerprint density at radius 3 is 2.35 bits per heavy atom. The predicted molar refractivity (Wildman–Crippen MR) is 131 cm³/mol. The molecule has 0 aliphatic rings. The van der Waals surface area contributed by atoms with Gasteiger partial charge in [0.1, 0.15) is 24.7 Å². The zero-order chi connectivity index (χ0) is 23.6. The van der Waals surface area contributed by atoms with Gasteiger partial charge >= 0.3 is 0 Å². The van der Waals surface area contributed by atoms with Gasteiger partial charge in [-0.25, -0.2) is 4.98 Å². The Morgan fingerprint density at radius 1 is 0.853 bits per heavy atom. The number of nitrogens with zero attached hydrogens (tertiary/aromatic N) is 2. The summed E-state index contributed by atoms with van der Waals surface area (Å²) in [6.45, 7) is 1.54. The number of hydrogen-bond donors (Lipinski definition) is 1. The second-order valence-corrected chi connectivity index (χ2v) is 7.85. The third-order valence-corrected chi connectivity index (χ3v) is 5.28. The maximum atomic E-state index is 12.5. The van der Waals surface area contributed by atoms with E-state index in [0.29, 0.717) is 30.7 Å². The minimum absolute atomic E-state index is 0.0497. The van der Waals surface area contributed by atoms with Crippen molar-refractivity contribution in [3.05, 3.63) is 101 Å². The summed E-state index contributed by atoms with van der Waals surface area (Å²) in [6, 6.07) is 24.7. The lowest BCUT2D eigenvalue weighted by molar-refractivity contribution is -0.121. The first kappa shape index (κ1) is 23.0. The molecule has 0 spiro atoms. The van der Waals surface area contributed by atoms with E-state index in [1.807, 2.05) is 60.7 Å². The first-order chi connectivity index (χ1) is 16.7. The summed E-state index contributed by atoms with van der Waals surface area (Å²) >= 11 is 0. The Kier molecular flexibility index (Phi) is 7.90. The van der Waals surface area contributed by atoms with Crippen molar-refractivity contribution in [1.29, 1.82) is 0 Å². The molecule has 0 fully saturated rings. The van der Waals surface area contributed by atoms with E-state index >= 15 is 0 Å². The van der Waals surface area contributed by atoms with Crippen LogP contribution in [0.1, 0.15) is 18.4 Å². The number of amides is 1. The van der Waals surface area contributed by atoms with E-state index < -0.39 is 0 Å². The van der Waals surface area contributed by atoms with Crippen molar-refractivity contribution < 1.29 is 14.3 Å². The van der Waals surface area contributed by atoms with Crippen LogP contribution in [-0.2, 0) is 17.9 Å². The van der Waals surface area contributed by atoms with E-state index in [2.05, 4.69) is 10.3 Å². The SMILES string of the molecule is O=C(Cn1cnc2ccccc2c1=O)NCCCCOc1ccc(OCc2ccccc2)cc1. The van der Waals surface area contributed by atoms with E-state index in [0.717, 1.165) is 29.9 Å². The van der Waals surface area contributed by atoms with Crippen LogP contribution >= 0.6 is 0 Å². The highest BCUT2D eigenvalue weighted by Gasteiger charge is 2.07. The third-order valence-electron chi connectivity index (χ3n) is 5.28. The number of benzene rings is 3. The summed E-state index contributed by atoms with van der Waals surface area (Å²) in [5.41, 5.74) is 1.53. The molecule has 1 aromatic heterocycles. The van der Waals surface area contributed by atoms with Gasteiger partial charge in [0.25, 0.3) is 5.56 Å². The Balaban J connectivity index is 1.12. The van der Waals surface area contributed by atoms with Crippen molar-refractivity contribution in [3.8, 4) is 11.5 Å². The number of unbranched alkanes of at least 4 members (excludes halogenated alkanes) is 1. The highest BCUT2D eigenvalue weighted by Crippen LogP contribution is 2.19. The summed E-state index contributed by atoms with van der Waals surface area (Å²) in [5, 5.41) is 3.35. The molecule has 0 unspecified atom stereocenters. The minimum Gasteiger partial charge on any atom is -0.494 e. The van der Waals surface area contributed by atoms with Crippen LogP contribution in [-0.4, -0.2) is 28.6 Å². The zero-order valence-corrected chi connectivity index (χ0v) is 18.9. The van der Waals surface area contributed by atoms with Crippen molar-refractivity contribution in [2.45, 2.75) is 26.0 Å². The number of carbonyl (C=O) groups excluding carboxylic acids is 1. The Bertz CT molecular complexity index is 1270. The van der Waals surface area contributed by atoms with Crippen LogP contribution in [0.4, 0.5) is 0 Å². The van der Waals surface area contributed by atoms with E-state index in [-0.39, 0.29) is 18.0 Å². The van der Waals surface area contributed by atoms with Crippen LogP contribution in [0.25, 0.3) is 10.9 Å². The number of fused-ring (bicyclic) bond motifs is 1. The topological polar surface area (TPSA) is 82.5 Å². The fourth-order valence-electron chi connectivity index (χ4n) is 3.45. The lowest BCUT2D eigenvalue weighted by Crippen LogP contribution is -2.33. The molecular weight excluding hydrogens is 430 g/mol. The Labute approximate surface area is 198 Å². The third kappa shape index (κ3) is 6.45. The second-order valence-electron chi connectivity index (χ2n) is 7.85. The quantitative estimate of drug-likeness (QED) is 0.345. The smallest absolute Gasteiger partial charge is 0.261 e. The molecule has 0 saturated heterocycles. The normalized spacial score (nSPS) is 10.7. The fraction of sp³-hybridized carbons (Fsp3) is 0.222. The van der Waals surface area contributed by atoms with Crippen LogP contribution in [0.3, 0.4) is 0 Å². The first-order valence-corrected chi connectivity index (χ1v) is 11.3. The monoisotopic (exact) mass is 457 g/mol. The van der Waals surface area contributed by atoms with Gasteiger partial charge < -0.3 is 14.8 Å². The van der Waals surface area contributed by atoms with E-state index in [1.165, 1.54) is 10.9 Å². The van der Waals surface area contributed by atoms with Gasteiger partial charge in [0, 0.05) is 6.54 Å². The van der Waals surface area contributed by atoms with Gasteiger partial charge in [-0.3, -0.25) is 14.2 Å². The van der Waals surface area contributed by atoms with Gasteiger partial charge in [0.2, 0.25) is 5.91 Å². The molecule has 0 aliphatic heterocycles. The lowest BCUT2D eigenvalue weighted by Gasteiger charge is -2.10. The number of para-hydroxylation sites is 1. The van der Waals surface area contributed by atoms with E-state index in [1.54, 1.807) is 18.2 Å². The van der Waals surface area contributed by atoms with E-state index in [9.17, 15) is 9.59 Å². The largest absolute Gasteiger partial charge is 0.494 e. The second kappa shape index (κ2) is 11.7. The molecule has 4 aromatic rings. The molecular formula is C27H27N3O4. The molecule has 1 amide bonds. The van der Waals surface area contributed by atoms with Crippen molar-refractivity contribution >= 4 is 16.8 Å². The molecule has 34 heavy (non-hydrogen) atoms. The molecule has 7 nitrogen and oxygen atoms in total. The molecule has 0 bridgehead atoms. The molecule has 3 aromatic carbocycles. The number of nitrogens with one attached hydrogen (secondary N) is 1. The predicted octanol–water partition coefficient (Wildman–Crippen LogP) is 3.95. The van der Waals surface area contributed by atoms with Gasteiger partial charge in [0.15, 0.2) is 0 Å². The minimum atomic E-state index is -0.217. The van der Waals surface area contributed by atoms with Crippen LogP contribution in [0.15, 0.2) is 90.0 Å². The van der Waals surface area contributed by atoms with Crippen molar-refractivity contribution in [2.75, 3.05) is 13.2 Å². The fourth-order valence-corrected chi connectivity index (χ4v) is 3.45. The van der Waals surface area contributed by atoms with Gasteiger partial charge in [-0.05, 0) is 54.8 Å². The maximum absolute atomic E-state index is 12.5. The number of ether oxygens (including phenoxy) is 2. The Hall–Kier alpha value is -4.13. The molecule has 0 atom stereocenters. The summed E-state index contributed by atoms with van der Waals surface area (Å²) in [7, 11) is 0. The highest BCUT2D eigenvalue weighted by molar-refractivity contribution is 5.78. The van der Waals surface area contributed by atoms with Crippen LogP contribution in [0.5, 0.6) is 11.5 Å². The van der Waals surface area contributed by atoms with E-state index in [4.69, 9.17) is 9.47 Å². The molecule has 1 N–H and O–H groups in total. The molecule has 174 valence electrons. The van der Waals surface area contributed by atoms with Crippen LogP contribution < -0.4 is 20.3 Å². The molecule has 0 saturated carbocycles. The van der Waals surface area contributed by atoms with Crippen LogP contribution in [0, 0.1) is 0 Å². The van der Waals surface area contributed by atoms with Crippen LogP contribution in [0.2, 0.25) is 0 Å². The summed E-state index contributed by atoms with van der Waals surface area (Å²) in [4.78, 5) is 28.9. The standard InChI is InChI=1S/C27H27N3O4/c31-26(18-30-20-29-25-11-5-4-10-24(25)27(30)32)28-16-6-7-17-33-22-12-14-23(15-13-22)34-19-21-8-2-1-3-9-21/h1-5,8-15,20H,6-7,16-19H2,(H,28,31). The molecule has 7 heteroatoms. The summed E-state index contributed by atoms with van der Waals surface area (Å²) in [6.07, 6.45) is 2.98. The molecule has 1 heterocycles.